The number of hydrogen-bond donors (Lipinski definition) is 2. The van der Waals surface area contributed by atoms with E-state index in [0.717, 1.165) is 24.3 Å². The van der Waals surface area contributed by atoms with Gasteiger partial charge >= 0.3 is 0 Å². The highest BCUT2D eigenvalue weighted by atomic mass is 35.5. The molecule has 0 bridgehead atoms. The first-order valence-electron chi connectivity index (χ1n) is 8.96. The number of anilines is 1. The van der Waals surface area contributed by atoms with Gasteiger partial charge < -0.3 is 15.4 Å². The minimum Gasteiger partial charge on any atom is -0.379 e. The van der Waals surface area contributed by atoms with Crippen LogP contribution in [0.15, 0.2) is 48.5 Å². The third-order valence-electron chi connectivity index (χ3n) is 4.56. The molecule has 144 valence electrons. The van der Waals surface area contributed by atoms with Gasteiger partial charge in [-0.25, -0.2) is 0 Å². The highest BCUT2D eigenvalue weighted by Gasteiger charge is 2.24. The van der Waals surface area contributed by atoms with Gasteiger partial charge in [0.05, 0.1) is 36.5 Å². The van der Waals surface area contributed by atoms with Crippen molar-refractivity contribution in [2.45, 2.75) is 6.04 Å². The van der Waals surface area contributed by atoms with Crippen LogP contribution in [0.2, 0.25) is 10.0 Å². The molecule has 27 heavy (non-hydrogen) atoms. The van der Waals surface area contributed by atoms with E-state index in [-0.39, 0.29) is 18.5 Å². The Morgan fingerprint density at radius 1 is 1.04 bits per heavy atom. The molecule has 0 aromatic heterocycles. The van der Waals surface area contributed by atoms with Crippen LogP contribution in [-0.4, -0.2) is 50.2 Å². The standard InChI is InChI=1S/C20H23Cl2N3O2/c21-16-6-2-1-5-15(16)19(25-9-11-27-12-10-25)13-24-20(26)14-23-18-8-4-3-7-17(18)22/h1-8,19,23H,9-14H2,(H,24,26). The number of nitrogens with zero attached hydrogens (tertiary/aromatic N) is 1. The van der Waals surface area contributed by atoms with Crippen molar-refractivity contribution in [3.8, 4) is 0 Å². The Bertz CT molecular complexity index is 766. The first kappa shape index (κ1) is 20.0. The summed E-state index contributed by atoms with van der Waals surface area (Å²) in [7, 11) is 0. The van der Waals surface area contributed by atoms with E-state index < -0.39 is 0 Å². The lowest BCUT2D eigenvalue weighted by atomic mass is 10.0. The van der Waals surface area contributed by atoms with Crippen LogP contribution in [0.4, 0.5) is 5.69 Å². The van der Waals surface area contributed by atoms with Gasteiger partial charge in [0.25, 0.3) is 0 Å². The van der Waals surface area contributed by atoms with E-state index >= 15 is 0 Å². The van der Waals surface area contributed by atoms with E-state index in [4.69, 9.17) is 27.9 Å². The average molecular weight is 408 g/mol. The van der Waals surface area contributed by atoms with Crippen LogP contribution in [0.25, 0.3) is 0 Å². The summed E-state index contributed by atoms with van der Waals surface area (Å²) < 4.78 is 5.46. The summed E-state index contributed by atoms with van der Waals surface area (Å²) in [6.07, 6.45) is 0. The molecule has 0 aliphatic carbocycles. The SMILES string of the molecule is O=C(CNc1ccccc1Cl)NCC(c1ccccc1Cl)N1CCOCC1. The number of para-hydroxylation sites is 1. The zero-order chi connectivity index (χ0) is 19.1. The summed E-state index contributed by atoms with van der Waals surface area (Å²) in [5.41, 5.74) is 1.76. The summed E-state index contributed by atoms with van der Waals surface area (Å²) in [6, 6.07) is 15.1. The molecule has 0 spiro atoms. The van der Waals surface area contributed by atoms with Crippen molar-refractivity contribution in [1.82, 2.24) is 10.2 Å². The van der Waals surface area contributed by atoms with Crippen LogP contribution >= 0.6 is 23.2 Å². The Morgan fingerprint density at radius 3 is 2.41 bits per heavy atom. The van der Waals surface area contributed by atoms with E-state index in [1.54, 1.807) is 6.07 Å². The van der Waals surface area contributed by atoms with Crippen LogP contribution in [0.5, 0.6) is 0 Å². The van der Waals surface area contributed by atoms with Gasteiger partial charge in [0.15, 0.2) is 0 Å². The van der Waals surface area contributed by atoms with Crippen LogP contribution < -0.4 is 10.6 Å². The van der Waals surface area contributed by atoms with E-state index in [1.165, 1.54) is 0 Å². The minimum atomic E-state index is -0.0970. The fourth-order valence-electron chi connectivity index (χ4n) is 3.12. The molecule has 3 rings (SSSR count). The van der Waals surface area contributed by atoms with Gasteiger partial charge in [0.1, 0.15) is 0 Å². The van der Waals surface area contributed by atoms with E-state index in [1.807, 2.05) is 42.5 Å². The van der Waals surface area contributed by atoms with E-state index in [2.05, 4.69) is 15.5 Å². The second-order valence-corrected chi connectivity index (χ2v) is 7.14. The minimum absolute atomic E-state index is 0.00635. The molecule has 1 aliphatic rings. The Balaban J connectivity index is 1.61. The number of amides is 1. The van der Waals surface area contributed by atoms with Gasteiger partial charge in [-0.3, -0.25) is 9.69 Å². The number of nitrogens with one attached hydrogen (secondary N) is 2. The predicted molar refractivity (Wildman–Crippen MR) is 110 cm³/mol. The number of carbonyl (C=O) groups excluding carboxylic acids is 1. The maximum atomic E-state index is 12.3. The third-order valence-corrected chi connectivity index (χ3v) is 5.23. The fourth-order valence-corrected chi connectivity index (χ4v) is 3.59. The molecule has 1 atom stereocenters. The van der Waals surface area contributed by atoms with Crippen molar-refractivity contribution >= 4 is 34.8 Å². The molecule has 1 unspecified atom stereocenters. The van der Waals surface area contributed by atoms with Crippen LogP contribution in [0, 0.1) is 0 Å². The van der Waals surface area contributed by atoms with Gasteiger partial charge in [0, 0.05) is 24.7 Å². The molecule has 1 amide bonds. The second kappa shape index (κ2) is 9.95. The molecule has 1 saturated heterocycles. The van der Waals surface area contributed by atoms with Crippen molar-refractivity contribution < 1.29 is 9.53 Å². The molecular weight excluding hydrogens is 385 g/mol. The zero-order valence-corrected chi connectivity index (χ0v) is 16.5. The number of ether oxygens (including phenoxy) is 1. The quantitative estimate of drug-likeness (QED) is 0.735. The van der Waals surface area contributed by atoms with Gasteiger partial charge in [-0.2, -0.15) is 0 Å². The summed E-state index contributed by atoms with van der Waals surface area (Å²) in [4.78, 5) is 14.6. The lowest BCUT2D eigenvalue weighted by molar-refractivity contribution is -0.119. The molecular formula is C20H23Cl2N3O2. The van der Waals surface area contributed by atoms with Crippen molar-refractivity contribution in [2.24, 2.45) is 0 Å². The van der Waals surface area contributed by atoms with Crippen molar-refractivity contribution in [3.05, 3.63) is 64.1 Å². The van der Waals surface area contributed by atoms with Gasteiger partial charge in [-0.15, -0.1) is 0 Å². The highest BCUT2D eigenvalue weighted by molar-refractivity contribution is 6.33. The van der Waals surface area contributed by atoms with Crippen molar-refractivity contribution in [3.63, 3.8) is 0 Å². The molecule has 1 fully saturated rings. The Labute approximate surface area is 169 Å². The van der Waals surface area contributed by atoms with Crippen LogP contribution in [-0.2, 0) is 9.53 Å². The number of morpholine rings is 1. The molecule has 2 aromatic carbocycles. The number of hydrogen-bond acceptors (Lipinski definition) is 4. The summed E-state index contributed by atoms with van der Waals surface area (Å²) >= 11 is 12.5. The van der Waals surface area contributed by atoms with Gasteiger partial charge in [0.2, 0.25) is 5.91 Å². The third kappa shape index (κ3) is 5.59. The maximum absolute atomic E-state index is 12.3. The lowest BCUT2D eigenvalue weighted by Crippen LogP contribution is -2.44. The van der Waals surface area contributed by atoms with E-state index in [0.29, 0.717) is 29.8 Å². The average Bonchev–Trinajstić information content (AvgIpc) is 2.69. The molecule has 5 nitrogen and oxygen atoms in total. The van der Waals surface area contributed by atoms with Gasteiger partial charge in [-0.05, 0) is 23.8 Å². The molecule has 1 aliphatic heterocycles. The van der Waals surface area contributed by atoms with Crippen LogP contribution in [0.1, 0.15) is 11.6 Å². The zero-order valence-electron chi connectivity index (χ0n) is 15.0. The number of benzene rings is 2. The van der Waals surface area contributed by atoms with Crippen molar-refractivity contribution in [1.29, 1.82) is 0 Å². The number of rotatable bonds is 7. The molecule has 7 heteroatoms. The maximum Gasteiger partial charge on any atom is 0.239 e. The lowest BCUT2D eigenvalue weighted by Gasteiger charge is -2.35. The number of halogens is 2. The molecule has 0 saturated carbocycles. The Kier molecular flexibility index (Phi) is 7.35. The van der Waals surface area contributed by atoms with Gasteiger partial charge in [-0.1, -0.05) is 53.5 Å². The summed E-state index contributed by atoms with van der Waals surface area (Å²) in [5.74, 6) is -0.0970. The highest BCUT2D eigenvalue weighted by Crippen LogP contribution is 2.27. The smallest absolute Gasteiger partial charge is 0.239 e. The normalized spacial score (nSPS) is 15.9. The molecule has 2 N–H and O–H groups in total. The summed E-state index contributed by atoms with van der Waals surface area (Å²) in [5, 5.41) is 7.37. The Morgan fingerprint density at radius 2 is 1.70 bits per heavy atom. The van der Waals surface area contributed by atoms with E-state index in [9.17, 15) is 4.79 Å². The monoisotopic (exact) mass is 407 g/mol. The largest absolute Gasteiger partial charge is 0.379 e. The topological polar surface area (TPSA) is 53.6 Å². The van der Waals surface area contributed by atoms with Crippen LogP contribution in [0.3, 0.4) is 0 Å². The summed E-state index contributed by atoms with van der Waals surface area (Å²) in [6.45, 7) is 3.62. The first-order valence-corrected chi connectivity index (χ1v) is 9.72. The van der Waals surface area contributed by atoms with Crippen molar-refractivity contribution in [2.75, 3.05) is 44.7 Å². The first-order chi connectivity index (χ1) is 13.1. The Hall–Kier alpha value is -1.79. The number of carbonyl (C=O) groups is 1. The molecule has 2 aromatic rings. The molecule has 1 heterocycles. The predicted octanol–water partition coefficient (Wildman–Crippen LogP) is 3.60. The fraction of sp³-hybridized carbons (Fsp3) is 0.350. The molecule has 0 radical (unpaired) electrons. The second-order valence-electron chi connectivity index (χ2n) is 6.32.